The first-order chi connectivity index (χ1) is 11.8. The van der Waals surface area contributed by atoms with Gasteiger partial charge in [-0.25, -0.2) is 4.98 Å². The number of nitrogens with zero attached hydrogens (tertiary/aromatic N) is 1. The molecule has 1 atom stereocenters. The van der Waals surface area contributed by atoms with Crippen LogP contribution in [-0.2, 0) is 6.54 Å². The second-order valence-corrected chi connectivity index (χ2v) is 6.83. The SMILES string of the molecule is Cc1nc(-c2ccccc2)sc1CNC(CCO)c1ccccc1. The standard InChI is InChI=1S/C20H22N2OS/c1-15-19(24-20(22-15)17-10-6-3-7-11-17)14-21-18(12-13-23)16-8-4-2-5-9-16/h2-11,18,21,23H,12-14H2,1H3. The lowest BCUT2D eigenvalue weighted by atomic mass is 10.0. The van der Waals surface area contributed by atoms with Crippen LogP contribution in [0.3, 0.4) is 0 Å². The van der Waals surface area contributed by atoms with Crippen LogP contribution < -0.4 is 5.32 Å². The Hall–Kier alpha value is -2.01. The summed E-state index contributed by atoms with van der Waals surface area (Å²) < 4.78 is 0. The van der Waals surface area contributed by atoms with Gasteiger partial charge in [-0.1, -0.05) is 60.7 Å². The molecule has 0 aliphatic rings. The van der Waals surface area contributed by atoms with Gasteiger partial charge in [0.1, 0.15) is 5.01 Å². The van der Waals surface area contributed by atoms with Crippen molar-refractivity contribution in [1.82, 2.24) is 10.3 Å². The highest BCUT2D eigenvalue weighted by Crippen LogP contribution is 2.28. The predicted octanol–water partition coefficient (Wildman–Crippen LogP) is 4.33. The Morgan fingerprint density at radius 3 is 2.38 bits per heavy atom. The van der Waals surface area contributed by atoms with E-state index < -0.39 is 0 Å². The molecule has 3 nitrogen and oxygen atoms in total. The summed E-state index contributed by atoms with van der Waals surface area (Å²) in [6, 6.07) is 20.7. The van der Waals surface area contributed by atoms with Gasteiger partial charge in [-0.05, 0) is 18.9 Å². The Morgan fingerprint density at radius 2 is 1.71 bits per heavy atom. The average molecular weight is 338 g/mol. The van der Waals surface area contributed by atoms with Gasteiger partial charge < -0.3 is 10.4 Å². The summed E-state index contributed by atoms with van der Waals surface area (Å²) in [5, 5.41) is 14.0. The zero-order chi connectivity index (χ0) is 16.8. The monoisotopic (exact) mass is 338 g/mol. The van der Waals surface area contributed by atoms with Crippen LogP contribution in [0.4, 0.5) is 0 Å². The van der Waals surface area contributed by atoms with Gasteiger partial charge >= 0.3 is 0 Å². The first-order valence-corrected chi connectivity index (χ1v) is 9.00. The van der Waals surface area contributed by atoms with E-state index in [1.54, 1.807) is 11.3 Å². The molecule has 2 aromatic carbocycles. The molecule has 0 aliphatic carbocycles. The van der Waals surface area contributed by atoms with Crippen molar-refractivity contribution >= 4 is 11.3 Å². The third kappa shape index (κ3) is 4.09. The number of hydrogen-bond donors (Lipinski definition) is 2. The number of thiazole rings is 1. The van der Waals surface area contributed by atoms with E-state index in [9.17, 15) is 5.11 Å². The minimum atomic E-state index is 0.151. The number of aryl methyl sites for hydroxylation is 1. The minimum Gasteiger partial charge on any atom is -0.396 e. The van der Waals surface area contributed by atoms with Crippen molar-refractivity contribution < 1.29 is 5.11 Å². The van der Waals surface area contributed by atoms with E-state index in [-0.39, 0.29) is 12.6 Å². The molecule has 3 aromatic rings. The van der Waals surface area contributed by atoms with E-state index in [0.29, 0.717) is 6.42 Å². The molecular weight excluding hydrogens is 316 g/mol. The Morgan fingerprint density at radius 1 is 1.04 bits per heavy atom. The summed E-state index contributed by atoms with van der Waals surface area (Å²) in [6.45, 7) is 2.99. The third-order valence-electron chi connectivity index (χ3n) is 4.04. The lowest BCUT2D eigenvalue weighted by Gasteiger charge is -2.18. The zero-order valence-corrected chi connectivity index (χ0v) is 14.6. The van der Waals surface area contributed by atoms with E-state index in [4.69, 9.17) is 4.98 Å². The summed E-state index contributed by atoms with van der Waals surface area (Å²) in [4.78, 5) is 5.95. The molecule has 1 unspecified atom stereocenters. The molecule has 2 N–H and O–H groups in total. The largest absolute Gasteiger partial charge is 0.396 e. The Labute approximate surface area is 147 Å². The van der Waals surface area contributed by atoms with Crippen LogP contribution in [0.2, 0.25) is 0 Å². The second kappa shape index (κ2) is 8.20. The molecule has 1 aromatic heterocycles. The maximum Gasteiger partial charge on any atom is 0.123 e. The lowest BCUT2D eigenvalue weighted by molar-refractivity contribution is 0.265. The molecular formula is C20H22N2OS. The van der Waals surface area contributed by atoms with Gasteiger partial charge in [0.2, 0.25) is 0 Å². The van der Waals surface area contributed by atoms with Gasteiger partial charge in [0.25, 0.3) is 0 Å². The molecule has 0 aliphatic heterocycles. The summed E-state index contributed by atoms with van der Waals surface area (Å²) in [5.74, 6) is 0. The number of nitrogens with one attached hydrogen (secondary N) is 1. The molecule has 0 fully saturated rings. The normalized spacial score (nSPS) is 12.2. The molecule has 124 valence electrons. The maximum absolute atomic E-state index is 9.35. The van der Waals surface area contributed by atoms with Crippen LogP contribution in [0.1, 0.15) is 28.6 Å². The molecule has 0 saturated carbocycles. The number of aliphatic hydroxyl groups excluding tert-OH is 1. The molecule has 0 radical (unpaired) electrons. The van der Waals surface area contributed by atoms with Crippen molar-refractivity contribution in [2.75, 3.05) is 6.61 Å². The molecule has 0 bridgehead atoms. The molecule has 0 amide bonds. The van der Waals surface area contributed by atoms with Crippen LogP contribution in [0.5, 0.6) is 0 Å². The van der Waals surface area contributed by atoms with E-state index in [1.165, 1.54) is 10.4 Å². The molecule has 0 spiro atoms. The van der Waals surface area contributed by atoms with E-state index in [0.717, 1.165) is 22.8 Å². The summed E-state index contributed by atoms with van der Waals surface area (Å²) in [5.41, 5.74) is 3.44. The highest BCUT2D eigenvalue weighted by atomic mass is 32.1. The summed E-state index contributed by atoms with van der Waals surface area (Å²) in [6.07, 6.45) is 0.702. The number of aromatic nitrogens is 1. The summed E-state index contributed by atoms with van der Waals surface area (Å²) >= 11 is 1.73. The van der Waals surface area contributed by atoms with Crippen molar-refractivity contribution in [2.24, 2.45) is 0 Å². The molecule has 0 saturated heterocycles. The van der Waals surface area contributed by atoms with Crippen molar-refractivity contribution in [2.45, 2.75) is 25.9 Å². The van der Waals surface area contributed by atoms with Gasteiger partial charge in [-0.2, -0.15) is 0 Å². The van der Waals surface area contributed by atoms with E-state index in [1.807, 2.05) is 36.4 Å². The Kier molecular flexibility index (Phi) is 5.75. The fourth-order valence-electron chi connectivity index (χ4n) is 2.71. The highest BCUT2D eigenvalue weighted by molar-refractivity contribution is 7.15. The average Bonchev–Trinajstić information content (AvgIpc) is 3.01. The maximum atomic E-state index is 9.35. The first kappa shape index (κ1) is 16.8. The van der Waals surface area contributed by atoms with Crippen LogP contribution in [0.15, 0.2) is 60.7 Å². The number of aliphatic hydroxyl groups is 1. The minimum absolute atomic E-state index is 0.151. The van der Waals surface area contributed by atoms with E-state index >= 15 is 0 Å². The van der Waals surface area contributed by atoms with Crippen molar-refractivity contribution in [3.63, 3.8) is 0 Å². The number of rotatable bonds is 7. The van der Waals surface area contributed by atoms with Crippen molar-refractivity contribution in [1.29, 1.82) is 0 Å². The van der Waals surface area contributed by atoms with Crippen LogP contribution in [0, 0.1) is 6.92 Å². The summed E-state index contributed by atoms with van der Waals surface area (Å²) in [7, 11) is 0. The molecule has 3 rings (SSSR count). The van der Waals surface area contributed by atoms with Gasteiger partial charge in [0.15, 0.2) is 0 Å². The van der Waals surface area contributed by atoms with Crippen LogP contribution >= 0.6 is 11.3 Å². The molecule has 1 heterocycles. The Balaban J connectivity index is 1.72. The van der Waals surface area contributed by atoms with Gasteiger partial charge in [-0.3, -0.25) is 0 Å². The third-order valence-corrected chi connectivity index (χ3v) is 5.25. The second-order valence-electron chi connectivity index (χ2n) is 5.75. The van der Waals surface area contributed by atoms with Crippen molar-refractivity contribution in [3.8, 4) is 10.6 Å². The Bertz CT molecular complexity index is 756. The quantitative estimate of drug-likeness (QED) is 0.674. The van der Waals surface area contributed by atoms with Crippen LogP contribution in [-0.4, -0.2) is 16.7 Å². The first-order valence-electron chi connectivity index (χ1n) is 8.19. The predicted molar refractivity (Wildman–Crippen MR) is 100 cm³/mol. The zero-order valence-electron chi connectivity index (χ0n) is 13.8. The number of hydrogen-bond acceptors (Lipinski definition) is 4. The van der Waals surface area contributed by atoms with Crippen molar-refractivity contribution in [3.05, 3.63) is 76.8 Å². The van der Waals surface area contributed by atoms with Gasteiger partial charge in [-0.15, -0.1) is 11.3 Å². The topological polar surface area (TPSA) is 45.2 Å². The van der Waals surface area contributed by atoms with Gasteiger partial charge in [0.05, 0.1) is 5.69 Å². The number of benzene rings is 2. The lowest BCUT2D eigenvalue weighted by Crippen LogP contribution is -2.21. The van der Waals surface area contributed by atoms with Gasteiger partial charge in [0, 0.05) is 29.6 Å². The molecule has 4 heteroatoms. The highest BCUT2D eigenvalue weighted by Gasteiger charge is 2.13. The fraction of sp³-hybridized carbons (Fsp3) is 0.250. The van der Waals surface area contributed by atoms with Crippen LogP contribution in [0.25, 0.3) is 10.6 Å². The van der Waals surface area contributed by atoms with E-state index in [2.05, 4.69) is 36.5 Å². The fourth-order valence-corrected chi connectivity index (χ4v) is 3.73. The molecule has 24 heavy (non-hydrogen) atoms. The smallest absolute Gasteiger partial charge is 0.123 e.